The van der Waals surface area contributed by atoms with Crippen LogP contribution in [-0.2, 0) is 25.8 Å². The fraction of sp³-hybridized carbons (Fsp3) is 0.684. The van der Waals surface area contributed by atoms with Gasteiger partial charge in [-0.25, -0.2) is 9.67 Å². The highest BCUT2D eigenvalue weighted by atomic mass is 32.1. The van der Waals surface area contributed by atoms with Gasteiger partial charge in [0.05, 0.1) is 23.0 Å². The number of hydrogen-bond donors (Lipinski definition) is 0. The van der Waals surface area contributed by atoms with Crippen molar-refractivity contribution in [3.63, 3.8) is 0 Å². The summed E-state index contributed by atoms with van der Waals surface area (Å²) < 4.78 is 7.63. The Balaban J connectivity index is 0.000000149. The Kier molecular flexibility index (Phi) is 5.93. The second-order valence-electron chi connectivity index (χ2n) is 6.68. The minimum Gasteiger partial charge on any atom is -0.478 e. The van der Waals surface area contributed by atoms with Crippen molar-refractivity contribution in [2.24, 2.45) is 0 Å². The van der Waals surface area contributed by atoms with Gasteiger partial charge in [-0.3, -0.25) is 0 Å². The van der Waals surface area contributed by atoms with Crippen molar-refractivity contribution in [1.82, 2.24) is 14.8 Å². The molecule has 1 aliphatic carbocycles. The van der Waals surface area contributed by atoms with Gasteiger partial charge in [0, 0.05) is 23.4 Å². The van der Waals surface area contributed by atoms with E-state index in [4.69, 9.17) is 4.74 Å². The second kappa shape index (κ2) is 8.15. The molecule has 3 heterocycles. The third kappa shape index (κ3) is 4.00. The summed E-state index contributed by atoms with van der Waals surface area (Å²) in [5, 5.41) is 5.90. The van der Waals surface area contributed by atoms with Crippen molar-refractivity contribution in [3.05, 3.63) is 27.3 Å². The molecular formula is C19H29N3OS. The zero-order valence-corrected chi connectivity index (χ0v) is 16.0. The second-order valence-corrected chi connectivity index (χ2v) is 7.85. The van der Waals surface area contributed by atoms with Crippen molar-refractivity contribution < 1.29 is 4.74 Å². The predicted octanol–water partition coefficient (Wildman–Crippen LogP) is 4.76. The average molecular weight is 348 g/mol. The molecule has 1 unspecified atom stereocenters. The van der Waals surface area contributed by atoms with E-state index < -0.39 is 0 Å². The number of rotatable bonds is 3. The molecule has 0 aromatic carbocycles. The van der Waals surface area contributed by atoms with Gasteiger partial charge in [-0.1, -0.05) is 20.8 Å². The average Bonchev–Trinajstić information content (AvgIpc) is 3.26. The zero-order chi connectivity index (χ0) is 16.9. The van der Waals surface area contributed by atoms with Gasteiger partial charge in [0.15, 0.2) is 0 Å². The minimum absolute atomic E-state index is 0.540. The van der Waals surface area contributed by atoms with Crippen LogP contribution in [0, 0.1) is 0 Å². The fourth-order valence-electron chi connectivity index (χ4n) is 3.08. The van der Waals surface area contributed by atoms with Crippen molar-refractivity contribution in [2.75, 3.05) is 6.61 Å². The summed E-state index contributed by atoms with van der Waals surface area (Å²) in [6.07, 6.45) is 8.40. The van der Waals surface area contributed by atoms with E-state index in [0.29, 0.717) is 5.92 Å². The van der Waals surface area contributed by atoms with Crippen LogP contribution < -0.4 is 4.74 Å². The molecule has 0 radical (unpaired) electrons. The van der Waals surface area contributed by atoms with E-state index >= 15 is 0 Å². The lowest BCUT2D eigenvalue weighted by Crippen LogP contribution is -2.01. The summed E-state index contributed by atoms with van der Waals surface area (Å²) in [7, 11) is 0. The van der Waals surface area contributed by atoms with Crippen LogP contribution in [0.3, 0.4) is 0 Å². The Bertz CT molecular complexity index is 617. The lowest BCUT2D eigenvalue weighted by Gasteiger charge is -2.02. The molecule has 0 spiro atoms. The Labute approximate surface area is 149 Å². The Hall–Kier alpha value is -1.36. The largest absolute Gasteiger partial charge is 0.478 e. The van der Waals surface area contributed by atoms with Gasteiger partial charge in [-0.2, -0.15) is 5.10 Å². The summed E-state index contributed by atoms with van der Waals surface area (Å²) in [5.41, 5.74) is 2.56. The smallest absolute Gasteiger partial charge is 0.211 e. The molecule has 5 heteroatoms. The van der Waals surface area contributed by atoms with Crippen molar-refractivity contribution in [1.29, 1.82) is 0 Å². The topological polar surface area (TPSA) is 39.9 Å². The molecule has 0 bridgehead atoms. The molecule has 2 aliphatic rings. The van der Waals surface area contributed by atoms with Crippen molar-refractivity contribution in [2.45, 2.75) is 78.2 Å². The van der Waals surface area contributed by atoms with E-state index in [0.717, 1.165) is 38.3 Å². The molecule has 24 heavy (non-hydrogen) atoms. The number of aryl methyl sites for hydroxylation is 4. The molecule has 0 amide bonds. The van der Waals surface area contributed by atoms with Gasteiger partial charge in [-0.15, -0.1) is 11.3 Å². The first kappa shape index (κ1) is 17.5. The highest BCUT2D eigenvalue weighted by molar-refractivity contribution is 7.11. The molecule has 0 saturated heterocycles. The van der Waals surface area contributed by atoms with E-state index in [1.807, 2.05) is 16.0 Å². The number of hydrogen-bond acceptors (Lipinski definition) is 4. The third-order valence-corrected chi connectivity index (χ3v) is 6.14. The molecule has 4 rings (SSSR count). The Morgan fingerprint density at radius 3 is 2.88 bits per heavy atom. The first-order chi connectivity index (χ1) is 11.7. The molecule has 132 valence electrons. The summed E-state index contributed by atoms with van der Waals surface area (Å²) in [6.45, 7) is 8.42. The van der Waals surface area contributed by atoms with Gasteiger partial charge < -0.3 is 4.74 Å². The van der Waals surface area contributed by atoms with Crippen LogP contribution in [-0.4, -0.2) is 21.4 Å². The summed E-state index contributed by atoms with van der Waals surface area (Å²) in [6, 6.07) is 2.10. The highest BCUT2D eigenvalue weighted by Crippen LogP contribution is 2.27. The maximum absolute atomic E-state index is 5.62. The molecule has 0 saturated carbocycles. The molecule has 4 nitrogen and oxygen atoms in total. The van der Waals surface area contributed by atoms with Crippen LogP contribution in [0.5, 0.6) is 5.88 Å². The van der Waals surface area contributed by atoms with Crippen LogP contribution in [0.25, 0.3) is 0 Å². The van der Waals surface area contributed by atoms with Gasteiger partial charge in [0.25, 0.3) is 0 Å². The highest BCUT2D eigenvalue weighted by Gasteiger charge is 2.16. The quantitative estimate of drug-likeness (QED) is 0.803. The first-order valence-electron chi connectivity index (χ1n) is 9.39. The molecule has 0 N–H and O–H groups in total. The molecule has 1 aliphatic heterocycles. The number of fused-ring (bicyclic) bond motifs is 2. The van der Waals surface area contributed by atoms with Crippen LogP contribution in [0.15, 0.2) is 6.07 Å². The molecular weight excluding hydrogens is 318 g/mol. The third-order valence-electron chi connectivity index (χ3n) is 4.84. The van der Waals surface area contributed by atoms with Gasteiger partial charge in [-0.05, 0) is 44.9 Å². The van der Waals surface area contributed by atoms with Crippen LogP contribution in [0.2, 0.25) is 0 Å². The SMILES string of the molecule is CCC(C)c1cc2n(n1)CCCCO2.CCc1nc2c(s1)CCC2. The van der Waals surface area contributed by atoms with Gasteiger partial charge in [0.2, 0.25) is 5.88 Å². The first-order valence-corrected chi connectivity index (χ1v) is 10.2. The van der Waals surface area contributed by atoms with Crippen LogP contribution >= 0.6 is 11.3 Å². The standard InChI is InChI=1S/C11H18N2O.C8H11NS/c1-3-9(2)10-8-11-13(12-10)6-4-5-7-14-11;1-2-8-9-6-4-3-5-7(6)10-8/h8-9H,3-7H2,1-2H3;2-5H2,1H3. The van der Waals surface area contributed by atoms with Crippen LogP contribution in [0.4, 0.5) is 0 Å². The Morgan fingerprint density at radius 1 is 1.25 bits per heavy atom. The maximum Gasteiger partial charge on any atom is 0.211 e. The number of thiazole rings is 1. The summed E-state index contributed by atoms with van der Waals surface area (Å²) in [5.74, 6) is 1.50. The predicted molar refractivity (Wildman–Crippen MR) is 99.2 cm³/mol. The summed E-state index contributed by atoms with van der Waals surface area (Å²) in [4.78, 5) is 6.08. The normalized spacial score (nSPS) is 17.1. The monoisotopic (exact) mass is 347 g/mol. The van der Waals surface area contributed by atoms with E-state index in [9.17, 15) is 0 Å². The molecule has 1 atom stereocenters. The fourth-order valence-corrected chi connectivity index (χ4v) is 4.18. The van der Waals surface area contributed by atoms with E-state index in [-0.39, 0.29) is 0 Å². The van der Waals surface area contributed by atoms with Gasteiger partial charge >= 0.3 is 0 Å². The minimum atomic E-state index is 0.540. The van der Waals surface area contributed by atoms with E-state index in [2.05, 4.69) is 36.9 Å². The van der Waals surface area contributed by atoms with Crippen molar-refractivity contribution in [3.8, 4) is 5.88 Å². The lowest BCUT2D eigenvalue weighted by atomic mass is 10.1. The molecule has 2 aromatic rings. The van der Waals surface area contributed by atoms with Gasteiger partial charge in [0.1, 0.15) is 0 Å². The van der Waals surface area contributed by atoms with E-state index in [1.54, 1.807) is 4.88 Å². The number of nitrogens with zero attached hydrogens (tertiary/aromatic N) is 3. The Morgan fingerprint density at radius 2 is 2.12 bits per heavy atom. The summed E-state index contributed by atoms with van der Waals surface area (Å²) >= 11 is 1.91. The molecule has 2 aromatic heterocycles. The van der Waals surface area contributed by atoms with Crippen molar-refractivity contribution >= 4 is 11.3 Å². The zero-order valence-electron chi connectivity index (χ0n) is 15.2. The van der Waals surface area contributed by atoms with Crippen LogP contribution in [0.1, 0.15) is 73.6 Å². The number of aromatic nitrogens is 3. The van der Waals surface area contributed by atoms with E-state index in [1.165, 1.54) is 42.1 Å². The maximum atomic E-state index is 5.62. The lowest BCUT2D eigenvalue weighted by molar-refractivity contribution is 0.303. The molecule has 0 fully saturated rings. The number of ether oxygens (including phenoxy) is 1.